The fourth-order valence-electron chi connectivity index (χ4n) is 4.83. The van der Waals surface area contributed by atoms with Gasteiger partial charge < -0.3 is 19.4 Å². The van der Waals surface area contributed by atoms with E-state index in [4.69, 9.17) is 9.15 Å². The molecule has 0 radical (unpaired) electrons. The van der Waals surface area contributed by atoms with E-state index in [0.717, 1.165) is 47.7 Å². The molecule has 0 saturated carbocycles. The lowest BCUT2D eigenvalue weighted by Crippen LogP contribution is -2.34. The van der Waals surface area contributed by atoms with Gasteiger partial charge >= 0.3 is 0 Å². The third kappa shape index (κ3) is 3.38. The number of nitrogens with zero attached hydrogens (tertiary/aromatic N) is 1. The number of amides is 1. The summed E-state index contributed by atoms with van der Waals surface area (Å²) in [6.07, 6.45) is 0. The number of hydrogen-bond acceptors (Lipinski definition) is 4. The van der Waals surface area contributed by atoms with Gasteiger partial charge in [-0.3, -0.25) is 4.79 Å². The molecule has 1 amide bonds. The number of methoxy groups -OCH3 is 1. The number of rotatable bonds is 3. The number of fused-ring (bicyclic) bond motifs is 2. The van der Waals surface area contributed by atoms with Crippen molar-refractivity contribution in [2.24, 2.45) is 11.8 Å². The quantitative estimate of drug-likeness (QED) is 0.700. The van der Waals surface area contributed by atoms with E-state index in [-0.39, 0.29) is 24.4 Å². The first kappa shape index (κ1) is 19.8. The summed E-state index contributed by atoms with van der Waals surface area (Å²) < 4.78 is 11.0. The van der Waals surface area contributed by atoms with E-state index in [0.29, 0.717) is 11.8 Å². The van der Waals surface area contributed by atoms with Gasteiger partial charge in [0.1, 0.15) is 17.1 Å². The van der Waals surface area contributed by atoms with Gasteiger partial charge in [-0.1, -0.05) is 12.1 Å². The molecule has 29 heavy (non-hydrogen) atoms. The van der Waals surface area contributed by atoms with Gasteiger partial charge in [0.15, 0.2) is 0 Å². The summed E-state index contributed by atoms with van der Waals surface area (Å²) in [6, 6.07) is 15.9. The molecule has 2 aliphatic heterocycles. The van der Waals surface area contributed by atoms with Crippen molar-refractivity contribution in [2.45, 2.75) is 13.0 Å². The Balaban J connectivity index is 0.00000205. The van der Waals surface area contributed by atoms with Gasteiger partial charge in [-0.25, -0.2) is 0 Å². The molecule has 0 unspecified atom stereocenters. The van der Waals surface area contributed by atoms with Crippen LogP contribution in [0.5, 0.6) is 5.75 Å². The standard InChI is InChI=1S/C23H24N2O3.ClH/c1-14-9-17-10-16(5-8-21(17)28-14)23(26)25-13-18-11-24-12-20(18)22(25)15-3-6-19(27-2)7-4-15;/h3-10,18,20,22,24H,11-13H2,1-2H3;1H/t18-,20-,22+;/m0./s1. The Morgan fingerprint density at radius 3 is 2.69 bits per heavy atom. The Hall–Kier alpha value is -2.50. The molecule has 0 spiro atoms. The molecule has 3 heterocycles. The monoisotopic (exact) mass is 412 g/mol. The van der Waals surface area contributed by atoms with Crippen LogP contribution in [-0.4, -0.2) is 37.6 Å². The molecule has 1 N–H and O–H groups in total. The molecule has 0 aliphatic carbocycles. The van der Waals surface area contributed by atoms with Crippen molar-refractivity contribution < 1.29 is 13.9 Å². The van der Waals surface area contributed by atoms with Gasteiger partial charge in [0.2, 0.25) is 0 Å². The minimum absolute atomic E-state index is 0. The smallest absolute Gasteiger partial charge is 0.254 e. The zero-order valence-corrected chi connectivity index (χ0v) is 17.4. The van der Waals surface area contributed by atoms with Crippen LogP contribution in [-0.2, 0) is 0 Å². The molecular weight excluding hydrogens is 388 g/mol. The first-order valence-electron chi connectivity index (χ1n) is 9.80. The second kappa shape index (κ2) is 7.73. The summed E-state index contributed by atoms with van der Waals surface area (Å²) in [5.74, 6) is 2.73. The number of halogens is 1. The minimum atomic E-state index is 0. The maximum Gasteiger partial charge on any atom is 0.254 e. The maximum atomic E-state index is 13.5. The average molecular weight is 413 g/mol. The van der Waals surface area contributed by atoms with Crippen LogP contribution < -0.4 is 10.1 Å². The van der Waals surface area contributed by atoms with Crippen LogP contribution in [0.1, 0.15) is 27.7 Å². The van der Waals surface area contributed by atoms with Gasteiger partial charge in [-0.2, -0.15) is 0 Å². The number of nitrogens with one attached hydrogen (secondary N) is 1. The second-order valence-electron chi connectivity index (χ2n) is 7.87. The number of hydrogen-bond donors (Lipinski definition) is 1. The fraction of sp³-hybridized carbons (Fsp3) is 0.348. The molecule has 3 aromatic rings. The lowest BCUT2D eigenvalue weighted by Gasteiger charge is -2.28. The average Bonchev–Trinajstić information content (AvgIpc) is 3.39. The summed E-state index contributed by atoms with van der Waals surface area (Å²) in [6.45, 7) is 4.64. The summed E-state index contributed by atoms with van der Waals surface area (Å²) in [4.78, 5) is 15.5. The molecule has 152 valence electrons. The molecule has 6 heteroatoms. The SMILES string of the molecule is COc1ccc([C@@H]2[C@H]3CNC[C@H]3CN2C(=O)c2ccc3oc(C)cc3c2)cc1.Cl. The Kier molecular flexibility index (Phi) is 5.28. The van der Waals surface area contributed by atoms with Gasteiger partial charge in [0.25, 0.3) is 5.91 Å². The third-order valence-electron chi connectivity index (χ3n) is 6.17. The number of aryl methyl sites for hydroxylation is 1. The van der Waals surface area contributed by atoms with E-state index < -0.39 is 0 Å². The van der Waals surface area contributed by atoms with Crippen LogP contribution in [0.4, 0.5) is 0 Å². The zero-order valence-electron chi connectivity index (χ0n) is 16.6. The molecule has 5 rings (SSSR count). The highest BCUT2D eigenvalue weighted by molar-refractivity contribution is 5.98. The maximum absolute atomic E-state index is 13.5. The van der Waals surface area contributed by atoms with Crippen LogP contribution in [0.2, 0.25) is 0 Å². The van der Waals surface area contributed by atoms with Crippen LogP contribution >= 0.6 is 12.4 Å². The van der Waals surface area contributed by atoms with Gasteiger partial charge in [-0.15, -0.1) is 12.4 Å². The van der Waals surface area contributed by atoms with Crippen molar-refractivity contribution in [3.63, 3.8) is 0 Å². The summed E-state index contributed by atoms with van der Waals surface area (Å²) >= 11 is 0. The molecule has 2 fully saturated rings. The second-order valence-corrected chi connectivity index (χ2v) is 7.87. The summed E-state index contributed by atoms with van der Waals surface area (Å²) in [5, 5.41) is 4.47. The molecule has 1 aromatic heterocycles. The number of carbonyl (C=O) groups excluding carboxylic acids is 1. The lowest BCUT2D eigenvalue weighted by molar-refractivity contribution is 0.0714. The molecular formula is C23H25ClN2O3. The minimum Gasteiger partial charge on any atom is -0.497 e. The highest BCUT2D eigenvalue weighted by Gasteiger charge is 2.46. The predicted octanol–water partition coefficient (Wildman–Crippen LogP) is 4.20. The van der Waals surface area contributed by atoms with Crippen LogP contribution in [0.15, 0.2) is 52.9 Å². The number of benzene rings is 2. The Labute approximate surface area is 176 Å². The van der Waals surface area contributed by atoms with E-state index in [9.17, 15) is 4.79 Å². The zero-order chi connectivity index (χ0) is 19.3. The normalized spacial score (nSPS) is 23.1. The van der Waals surface area contributed by atoms with E-state index >= 15 is 0 Å². The van der Waals surface area contributed by atoms with E-state index in [1.54, 1.807) is 7.11 Å². The van der Waals surface area contributed by atoms with E-state index in [1.807, 2.05) is 43.3 Å². The topological polar surface area (TPSA) is 54.7 Å². The molecule has 0 bridgehead atoms. The number of likely N-dealkylation sites (tertiary alicyclic amines) is 1. The van der Waals surface area contributed by atoms with Crippen molar-refractivity contribution in [3.8, 4) is 5.75 Å². The predicted molar refractivity (Wildman–Crippen MR) is 115 cm³/mol. The third-order valence-corrected chi connectivity index (χ3v) is 6.17. The van der Waals surface area contributed by atoms with E-state index in [2.05, 4.69) is 22.3 Å². The molecule has 2 aromatic carbocycles. The molecule has 3 atom stereocenters. The van der Waals surface area contributed by atoms with Gasteiger partial charge in [0, 0.05) is 36.5 Å². The van der Waals surface area contributed by atoms with Gasteiger partial charge in [-0.05, 0) is 54.8 Å². The molecule has 2 saturated heterocycles. The molecule has 5 nitrogen and oxygen atoms in total. The van der Waals surface area contributed by atoms with Crippen molar-refractivity contribution in [2.75, 3.05) is 26.7 Å². The largest absolute Gasteiger partial charge is 0.497 e. The number of furan rings is 1. The Morgan fingerprint density at radius 2 is 1.93 bits per heavy atom. The first-order chi connectivity index (χ1) is 13.6. The van der Waals surface area contributed by atoms with Crippen LogP contribution in [0.25, 0.3) is 11.0 Å². The van der Waals surface area contributed by atoms with Crippen molar-refractivity contribution in [3.05, 3.63) is 65.4 Å². The van der Waals surface area contributed by atoms with Crippen molar-refractivity contribution >= 4 is 29.3 Å². The van der Waals surface area contributed by atoms with E-state index in [1.165, 1.54) is 5.56 Å². The fourth-order valence-corrected chi connectivity index (χ4v) is 4.83. The Bertz CT molecular complexity index is 1030. The molecule has 2 aliphatic rings. The first-order valence-corrected chi connectivity index (χ1v) is 9.80. The Morgan fingerprint density at radius 1 is 1.14 bits per heavy atom. The van der Waals surface area contributed by atoms with Crippen LogP contribution in [0.3, 0.4) is 0 Å². The lowest BCUT2D eigenvalue weighted by atomic mass is 9.89. The number of carbonyl (C=O) groups is 1. The highest BCUT2D eigenvalue weighted by atomic mass is 35.5. The van der Waals surface area contributed by atoms with Crippen LogP contribution in [0, 0.1) is 18.8 Å². The highest BCUT2D eigenvalue weighted by Crippen LogP contribution is 2.43. The summed E-state index contributed by atoms with van der Waals surface area (Å²) in [5.41, 5.74) is 2.72. The number of ether oxygens (including phenoxy) is 1. The van der Waals surface area contributed by atoms with Crippen molar-refractivity contribution in [1.29, 1.82) is 0 Å². The van der Waals surface area contributed by atoms with Crippen molar-refractivity contribution in [1.82, 2.24) is 10.2 Å². The van der Waals surface area contributed by atoms with Gasteiger partial charge in [0.05, 0.1) is 13.2 Å². The summed E-state index contributed by atoms with van der Waals surface area (Å²) in [7, 11) is 1.67.